The number of benzene rings is 1. The Balaban J connectivity index is 0.000000336. The number of aromatic nitrogens is 4. The van der Waals surface area contributed by atoms with E-state index in [2.05, 4.69) is 19.9 Å². The largest absolute Gasteiger partial charge is 0.493 e. The smallest absolute Gasteiger partial charge is 0.221 e. The van der Waals surface area contributed by atoms with Crippen molar-refractivity contribution >= 4 is 17.7 Å². The monoisotopic (exact) mass is 385 g/mol. The minimum absolute atomic E-state index is 0.154. The minimum Gasteiger partial charge on any atom is -0.493 e. The highest BCUT2D eigenvalue weighted by atomic mass is 16.5. The second kappa shape index (κ2) is 9.76. The summed E-state index contributed by atoms with van der Waals surface area (Å²) in [5, 5.41) is 0. The van der Waals surface area contributed by atoms with Crippen molar-refractivity contribution < 1.29 is 14.2 Å². The number of nitrogens with two attached hydrogens (primary N) is 3. The molecule has 6 N–H and O–H groups in total. The standard InChI is InChI=1S/C14H18N4O3.C4H5N3/c1-19-10-5-8(6-11(20-2)12(10)21-3)4-9-7-17-14(16)18-13(9)15;5-4-6-2-1-3-7-4/h5-7H,4H2,1-3H3,(H4,15,16,17,18);1-3H,(H2,5,6,7). The Kier molecular flexibility index (Phi) is 7.14. The number of methoxy groups -OCH3 is 3. The van der Waals surface area contributed by atoms with Crippen molar-refractivity contribution in [1.82, 2.24) is 19.9 Å². The molecule has 0 bridgehead atoms. The first kappa shape index (κ1) is 20.5. The molecule has 3 aromatic rings. The van der Waals surface area contributed by atoms with E-state index in [1.165, 1.54) is 0 Å². The average Bonchev–Trinajstić information content (AvgIpc) is 2.70. The lowest BCUT2D eigenvalue weighted by atomic mass is 10.1. The molecular weight excluding hydrogens is 362 g/mol. The van der Waals surface area contributed by atoms with Gasteiger partial charge in [0, 0.05) is 30.6 Å². The molecule has 0 amide bonds. The lowest BCUT2D eigenvalue weighted by molar-refractivity contribution is 0.324. The van der Waals surface area contributed by atoms with Gasteiger partial charge in [0.2, 0.25) is 17.6 Å². The second-order valence-corrected chi connectivity index (χ2v) is 5.46. The van der Waals surface area contributed by atoms with E-state index < -0.39 is 0 Å². The quantitative estimate of drug-likeness (QED) is 0.585. The van der Waals surface area contributed by atoms with Crippen LogP contribution in [0.2, 0.25) is 0 Å². The van der Waals surface area contributed by atoms with Crippen molar-refractivity contribution in [1.29, 1.82) is 0 Å². The molecule has 0 fully saturated rings. The van der Waals surface area contributed by atoms with E-state index in [4.69, 9.17) is 31.4 Å². The molecule has 0 radical (unpaired) electrons. The van der Waals surface area contributed by atoms with Gasteiger partial charge in [0.05, 0.1) is 21.3 Å². The predicted molar refractivity (Wildman–Crippen MR) is 106 cm³/mol. The van der Waals surface area contributed by atoms with Gasteiger partial charge in [-0.2, -0.15) is 4.98 Å². The maximum Gasteiger partial charge on any atom is 0.221 e. The van der Waals surface area contributed by atoms with Crippen LogP contribution < -0.4 is 31.4 Å². The topological polar surface area (TPSA) is 157 Å². The first-order valence-electron chi connectivity index (χ1n) is 8.16. The van der Waals surface area contributed by atoms with Gasteiger partial charge in [-0.1, -0.05) is 0 Å². The number of hydrogen-bond donors (Lipinski definition) is 3. The molecular formula is C18H23N7O3. The predicted octanol–water partition coefficient (Wildman–Crippen LogP) is 1.32. The fourth-order valence-corrected chi connectivity index (χ4v) is 2.34. The molecule has 2 heterocycles. The molecule has 0 saturated heterocycles. The third-order valence-electron chi connectivity index (χ3n) is 3.62. The van der Waals surface area contributed by atoms with E-state index in [0.29, 0.717) is 35.4 Å². The lowest BCUT2D eigenvalue weighted by Gasteiger charge is -2.14. The van der Waals surface area contributed by atoms with Gasteiger partial charge in [-0.25, -0.2) is 15.0 Å². The summed E-state index contributed by atoms with van der Waals surface area (Å²) in [5.41, 5.74) is 18.2. The van der Waals surface area contributed by atoms with Crippen molar-refractivity contribution in [3.63, 3.8) is 0 Å². The summed E-state index contributed by atoms with van der Waals surface area (Å²) in [6, 6.07) is 5.44. The summed E-state index contributed by atoms with van der Waals surface area (Å²) in [4.78, 5) is 15.2. The summed E-state index contributed by atoms with van der Waals surface area (Å²) in [6.45, 7) is 0. The van der Waals surface area contributed by atoms with Crippen LogP contribution in [-0.4, -0.2) is 41.3 Å². The maximum atomic E-state index is 5.85. The highest BCUT2D eigenvalue weighted by molar-refractivity contribution is 5.55. The zero-order chi connectivity index (χ0) is 20.5. The molecule has 3 rings (SSSR count). The molecule has 28 heavy (non-hydrogen) atoms. The minimum atomic E-state index is 0.154. The SMILES string of the molecule is COc1cc(Cc2cnc(N)nc2N)cc(OC)c1OC.Nc1ncccn1. The van der Waals surface area contributed by atoms with Crippen LogP contribution in [0, 0.1) is 0 Å². The van der Waals surface area contributed by atoms with Crippen LogP contribution in [0.25, 0.3) is 0 Å². The van der Waals surface area contributed by atoms with Crippen LogP contribution >= 0.6 is 0 Å². The Labute approximate surface area is 162 Å². The van der Waals surface area contributed by atoms with Gasteiger partial charge in [-0.15, -0.1) is 0 Å². The van der Waals surface area contributed by atoms with Crippen molar-refractivity contribution in [2.45, 2.75) is 6.42 Å². The molecule has 0 aliphatic carbocycles. The van der Waals surface area contributed by atoms with E-state index in [1.807, 2.05) is 12.1 Å². The van der Waals surface area contributed by atoms with Crippen molar-refractivity contribution in [2.24, 2.45) is 0 Å². The summed E-state index contributed by atoms with van der Waals surface area (Å²) >= 11 is 0. The second-order valence-electron chi connectivity index (χ2n) is 5.46. The van der Waals surface area contributed by atoms with Crippen LogP contribution in [0.15, 0.2) is 36.8 Å². The molecule has 148 valence electrons. The number of hydrogen-bond acceptors (Lipinski definition) is 10. The molecule has 10 nitrogen and oxygen atoms in total. The number of rotatable bonds is 5. The van der Waals surface area contributed by atoms with Gasteiger partial charge < -0.3 is 31.4 Å². The van der Waals surface area contributed by atoms with Crippen LogP contribution in [-0.2, 0) is 6.42 Å². The van der Waals surface area contributed by atoms with Crippen LogP contribution in [0.3, 0.4) is 0 Å². The van der Waals surface area contributed by atoms with Gasteiger partial charge in [0.1, 0.15) is 5.82 Å². The Morgan fingerprint density at radius 3 is 1.86 bits per heavy atom. The van der Waals surface area contributed by atoms with Crippen molar-refractivity contribution in [3.05, 3.63) is 47.9 Å². The fourth-order valence-electron chi connectivity index (χ4n) is 2.34. The third-order valence-corrected chi connectivity index (χ3v) is 3.62. The third kappa shape index (κ3) is 5.34. The molecule has 0 spiro atoms. The molecule has 0 unspecified atom stereocenters. The molecule has 2 aromatic heterocycles. The molecule has 0 saturated carbocycles. The number of anilines is 3. The molecule has 10 heteroatoms. The zero-order valence-corrected chi connectivity index (χ0v) is 15.9. The first-order chi connectivity index (χ1) is 13.5. The van der Waals surface area contributed by atoms with Crippen molar-refractivity contribution in [2.75, 3.05) is 38.5 Å². The number of ether oxygens (including phenoxy) is 3. The summed E-state index contributed by atoms with van der Waals surface area (Å²) in [5.74, 6) is 2.55. The van der Waals surface area contributed by atoms with Crippen LogP contribution in [0.5, 0.6) is 17.2 Å². The van der Waals surface area contributed by atoms with Crippen LogP contribution in [0.4, 0.5) is 17.7 Å². The summed E-state index contributed by atoms with van der Waals surface area (Å²) in [6.07, 6.45) is 5.34. The van der Waals surface area contributed by atoms with E-state index in [9.17, 15) is 0 Å². The normalized spacial score (nSPS) is 9.82. The lowest BCUT2D eigenvalue weighted by Crippen LogP contribution is -2.04. The summed E-state index contributed by atoms with van der Waals surface area (Å²) < 4.78 is 15.9. The van der Waals surface area contributed by atoms with Gasteiger partial charge in [-0.05, 0) is 23.8 Å². The van der Waals surface area contributed by atoms with Gasteiger partial charge >= 0.3 is 0 Å². The van der Waals surface area contributed by atoms with Gasteiger partial charge in [0.25, 0.3) is 0 Å². The van der Waals surface area contributed by atoms with E-state index in [0.717, 1.165) is 11.1 Å². The molecule has 0 atom stereocenters. The Hall–Kier alpha value is -3.82. The van der Waals surface area contributed by atoms with Crippen LogP contribution in [0.1, 0.15) is 11.1 Å². The van der Waals surface area contributed by atoms with Gasteiger partial charge in [-0.3, -0.25) is 0 Å². The van der Waals surface area contributed by atoms with E-state index >= 15 is 0 Å². The first-order valence-corrected chi connectivity index (χ1v) is 8.16. The Morgan fingerprint density at radius 1 is 0.821 bits per heavy atom. The summed E-state index contributed by atoms with van der Waals surface area (Å²) in [7, 11) is 4.70. The van der Waals surface area contributed by atoms with Crippen molar-refractivity contribution in [3.8, 4) is 17.2 Å². The molecule has 0 aliphatic rings. The Bertz CT molecular complexity index is 882. The zero-order valence-electron chi connectivity index (χ0n) is 15.9. The van der Waals surface area contributed by atoms with Gasteiger partial charge in [0.15, 0.2) is 11.5 Å². The number of nitrogen functional groups attached to an aromatic ring is 3. The average molecular weight is 385 g/mol. The van der Waals surface area contributed by atoms with E-state index in [1.54, 1.807) is 46.0 Å². The van der Waals surface area contributed by atoms with E-state index in [-0.39, 0.29) is 5.95 Å². The molecule has 1 aromatic carbocycles. The highest BCUT2D eigenvalue weighted by Gasteiger charge is 2.14. The fraction of sp³-hybridized carbons (Fsp3) is 0.222. The number of nitrogens with zero attached hydrogens (tertiary/aromatic N) is 4. The highest BCUT2D eigenvalue weighted by Crippen LogP contribution is 2.38. The molecule has 0 aliphatic heterocycles. The Morgan fingerprint density at radius 2 is 1.43 bits per heavy atom. The maximum absolute atomic E-state index is 5.85.